The molecule has 2 N–H and O–H groups in total. The molecule has 1 amide bonds. The average Bonchev–Trinajstić information content (AvgIpc) is 2.42. The maximum absolute atomic E-state index is 12.1. The molecular formula is C16H19BrN2O. The molecule has 0 heterocycles. The summed E-state index contributed by atoms with van der Waals surface area (Å²) in [4.78, 5) is 12.1. The van der Waals surface area contributed by atoms with Crippen molar-refractivity contribution in [1.82, 2.24) is 10.6 Å². The molecule has 0 fully saturated rings. The Hall–Kier alpha value is -1.39. The van der Waals surface area contributed by atoms with E-state index in [1.165, 1.54) is 0 Å². The van der Waals surface area contributed by atoms with Crippen LogP contribution < -0.4 is 10.6 Å². The third-order valence-electron chi connectivity index (χ3n) is 3.03. The minimum absolute atomic E-state index is 0.0274. The van der Waals surface area contributed by atoms with Crippen LogP contribution in [0.3, 0.4) is 0 Å². The summed E-state index contributed by atoms with van der Waals surface area (Å²) >= 11 is 3.45. The first-order chi connectivity index (χ1) is 9.56. The second-order valence-electron chi connectivity index (χ2n) is 5.07. The van der Waals surface area contributed by atoms with E-state index in [0.717, 1.165) is 21.8 Å². The second-order valence-corrected chi connectivity index (χ2v) is 5.99. The van der Waals surface area contributed by atoms with Crippen LogP contribution in [0.4, 0.5) is 0 Å². The maximum atomic E-state index is 12.1. The molecule has 106 valence electrons. The van der Waals surface area contributed by atoms with Gasteiger partial charge in [-0.25, -0.2) is 0 Å². The number of carbonyl (C=O) groups excluding carboxylic acids is 1. The molecule has 0 aliphatic rings. The van der Waals surface area contributed by atoms with Crippen molar-refractivity contribution in [2.45, 2.75) is 19.9 Å². The third-order valence-corrected chi connectivity index (χ3v) is 3.52. The van der Waals surface area contributed by atoms with Gasteiger partial charge in [-0.1, -0.05) is 41.9 Å². The van der Waals surface area contributed by atoms with Crippen molar-refractivity contribution in [3.8, 4) is 0 Å². The lowest BCUT2D eigenvalue weighted by Gasteiger charge is -2.09. The summed E-state index contributed by atoms with van der Waals surface area (Å²) in [6.45, 7) is 5.59. The van der Waals surface area contributed by atoms with Crippen LogP contribution in [-0.4, -0.2) is 25.0 Å². The van der Waals surface area contributed by atoms with Crippen LogP contribution in [0.2, 0.25) is 0 Å². The van der Waals surface area contributed by atoms with E-state index in [1.54, 1.807) is 0 Å². The molecule has 0 saturated carbocycles. The highest BCUT2D eigenvalue weighted by atomic mass is 79.9. The summed E-state index contributed by atoms with van der Waals surface area (Å²) < 4.78 is 1.04. The predicted octanol–water partition coefficient (Wildman–Crippen LogP) is 3.33. The first-order valence-electron chi connectivity index (χ1n) is 6.77. The van der Waals surface area contributed by atoms with Crippen molar-refractivity contribution in [1.29, 1.82) is 0 Å². The number of amides is 1. The van der Waals surface area contributed by atoms with E-state index in [9.17, 15) is 4.79 Å². The van der Waals surface area contributed by atoms with Crippen LogP contribution in [0, 0.1) is 0 Å². The molecule has 0 radical (unpaired) electrons. The molecule has 2 aromatic carbocycles. The van der Waals surface area contributed by atoms with Crippen molar-refractivity contribution in [3.05, 3.63) is 46.4 Å². The highest BCUT2D eigenvalue weighted by Gasteiger charge is 2.06. The molecule has 0 aliphatic heterocycles. The molecule has 4 heteroatoms. The van der Waals surface area contributed by atoms with E-state index >= 15 is 0 Å². The van der Waals surface area contributed by atoms with Gasteiger partial charge in [0, 0.05) is 29.2 Å². The normalized spacial score (nSPS) is 11.0. The van der Waals surface area contributed by atoms with Crippen molar-refractivity contribution in [2.75, 3.05) is 13.1 Å². The number of fused-ring (bicyclic) bond motifs is 1. The van der Waals surface area contributed by atoms with Crippen LogP contribution in [0.15, 0.2) is 40.9 Å². The van der Waals surface area contributed by atoms with Gasteiger partial charge in [0.25, 0.3) is 5.91 Å². The zero-order valence-corrected chi connectivity index (χ0v) is 13.3. The van der Waals surface area contributed by atoms with E-state index in [4.69, 9.17) is 0 Å². The van der Waals surface area contributed by atoms with E-state index in [2.05, 4.69) is 40.4 Å². The van der Waals surface area contributed by atoms with Gasteiger partial charge in [0.1, 0.15) is 0 Å². The van der Waals surface area contributed by atoms with Gasteiger partial charge in [0.15, 0.2) is 0 Å². The molecule has 0 spiro atoms. The summed E-state index contributed by atoms with van der Waals surface area (Å²) in [7, 11) is 0. The van der Waals surface area contributed by atoms with Gasteiger partial charge in [0.05, 0.1) is 0 Å². The van der Waals surface area contributed by atoms with Gasteiger partial charge in [-0.3, -0.25) is 4.79 Å². The van der Waals surface area contributed by atoms with Crippen molar-refractivity contribution in [2.24, 2.45) is 0 Å². The van der Waals surface area contributed by atoms with Gasteiger partial charge >= 0.3 is 0 Å². The summed E-state index contributed by atoms with van der Waals surface area (Å²) in [5.41, 5.74) is 0.698. The van der Waals surface area contributed by atoms with Crippen molar-refractivity contribution < 1.29 is 4.79 Å². The standard InChI is InChI=1S/C16H19BrN2O/c1-11(2)18-7-8-19-16(20)14-4-3-13-10-15(17)6-5-12(13)9-14/h3-6,9-11,18H,7-8H2,1-2H3,(H,19,20). The number of hydrogen-bond donors (Lipinski definition) is 2. The van der Waals surface area contributed by atoms with Gasteiger partial charge in [-0.2, -0.15) is 0 Å². The minimum atomic E-state index is -0.0274. The van der Waals surface area contributed by atoms with E-state index < -0.39 is 0 Å². The summed E-state index contributed by atoms with van der Waals surface area (Å²) in [5.74, 6) is -0.0274. The summed E-state index contributed by atoms with van der Waals surface area (Å²) in [5, 5.41) is 8.38. The Labute approximate surface area is 127 Å². The Bertz CT molecular complexity index is 610. The lowest BCUT2D eigenvalue weighted by atomic mass is 10.1. The largest absolute Gasteiger partial charge is 0.351 e. The number of carbonyl (C=O) groups is 1. The fourth-order valence-corrected chi connectivity index (χ4v) is 2.38. The van der Waals surface area contributed by atoms with E-state index in [-0.39, 0.29) is 5.91 Å². The smallest absolute Gasteiger partial charge is 0.251 e. The molecule has 0 unspecified atom stereocenters. The number of rotatable bonds is 5. The van der Waals surface area contributed by atoms with E-state index in [1.807, 2.05) is 36.4 Å². The molecular weight excluding hydrogens is 316 g/mol. The topological polar surface area (TPSA) is 41.1 Å². The third kappa shape index (κ3) is 4.05. The fourth-order valence-electron chi connectivity index (χ4n) is 2.00. The number of halogens is 1. The second kappa shape index (κ2) is 6.86. The molecule has 0 atom stereocenters. The molecule has 0 saturated heterocycles. The molecule has 0 aliphatic carbocycles. The number of hydrogen-bond acceptors (Lipinski definition) is 2. The maximum Gasteiger partial charge on any atom is 0.251 e. The predicted molar refractivity (Wildman–Crippen MR) is 87.1 cm³/mol. The average molecular weight is 335 g/mol. The molecule has 20 heavy (non-hydrogen) atoms. The van der Waals surface area contributed by atoms with Crippen LogP contribution in [0.1, 0.15) is 24.2 Å². The van der Waals surface area contributed by atoms with Crippen molar-refractivity contribution >= 4 is 32.6 Å². The Morgan fingerprint density at radius 1 is 1.10 bits per heavy atom. The number of nitrogens with one attached hydrogen (secondary N) is 2. The SMILES string of the molecule is CC(C)NCCNC(=O)c1ccc2cc(Br)ccc2c1. The van der Waals surface area contributed by atoms with Gasteiger partial charge in [-0.15, -0.1) is 0 Å². The summed E-state index contributed by atoms with van der Waals surface area (Å²) in [6, 6.07) is 12.2. The number of benzene rings is 2. The van der Waals surface area contributed by atoms with Crippen molar-refractivity contribution in [3.63, 3.8) is 0 Å². The fraction of sp³-hybridized carbons (Fsp3) is 0.312. The Morgan fingerprint density at radius 3 is 2.55 bits per heavy atom. The van der Waals surface area contributed by atoms with Gasteiger partial charge in [-0.05, 0) is 35.0 Å². The van der Waals surface area contributed by atoms with Crippen LogP contribution in [0.5, 0.6) is 0 Å². The molecule has 2 aromatic rings. The Morgan fingerprint density at radius 2 is 1.80 bits per heavy atom. The van der Waals surface area contributed by atoms with Crippen LogP contribution in [0.25, 0.3) is 10.8 Å². The first kappa shape index (κ1) is 15.0. The summed E-state index contributed by atoms with van der Waals surface area (Å²) in [6.07, 6.45) is 0. The lowest BCUT2D eigenvalue weighted by molar-refractivity contribution is 0.0954. The molecule has 2 rings (SSSR count). The van der Waals surface area contributed by atoms with Gasteiger partial charge < -0.3 is 10.6 Å². The quantitative estimate of drug-likeness (QED) is 0.823. The molecule has 3 nitrogen and oxygen atoms in total. The van der Waals surface area contributed by atoms with Crippen LogP contribution in [-0.2, 0) is 0 Å². The monoisotopic (exact) mass is 334 g/mol. The first-order valence-corrected chi connectivity index (χ1v) is 7.56. The Balaban J connectivity index is 2.01. The molecule has 0 aromatic heterocycles. The van der Waals surface area contributed by atoms with E-state index in [0.29, 0.717) is 18.2 Å². The highest BCUT2D eigenvalue weighted by Crippen LogP contribution is 2.20. The lowest BCUT2D eigenvalue weighted by Crippen LogP contribution is -2.34. The zero-order valence-electron chi connectivity index (χ0n) is 11.7. The highest BCUT2D eigenvalue weighted by molar-refractivity contribution is 9.10. The van der Waals surface area contributed by atoms with Crippen LogP contribution >= 0.6 is 15.9 Å². The minimum Gasteiger partial charge on any atom is -0.351 e. The molecule has 0 bridgehead atoms. The zero-order chi connectivity index (χ0) is 14.5. The van der Waals surface area contributed by atoms with Gasteiger partial charge in [0.2, 0.25) is 0 Å². The Kier molecular flexibility index (Phi) is 5.15.